The number of hydrogen-bond donors (Lipinski definition) is 3. The molecule has 222 valence electrons. The van der Waals surface area contributed by atoms with Crippen LogP contribution in [0, 0.1) is 28.6 Å². The molecular weight excluding hydrogens is 506 g/mol. The molecule has 1 aromatic heterocycles. The maximum Gasteiger partial charge on any atom is 0.335 e. The molecule has 1 saturated heterocycles. The predicted octanol–water partition coefficient (Wildman–Crippen LogP) is 3.96. The lowest BCUT2D eigenvalue weighted by Gasteiger charge is -2.64. The first-order valence-electron chi connectivity index (χ1n) is 15.8. The normalized spacial score (nSPS) is 43.0. The molecule has 8 heteroatoms. The van der Waals surface area contributed by atoms with Gasteiger partial charge in [-0.15, -0.1) is 0 Å². The molecule has 40 heavy (non-hydrogen) atoms. The summed E-state index contributed by atoms with van der Waals surface area (Å²) in [6, 6.07) is 3.69. The van der Waals surface area contributed by atoms with Crippen LogP contribution in [0.3, 0.4) is 0 Å². The van der Waals surface area contributed by atoms with Crippen LogP contribution in [0.1, 0.15) is 89.5 Å². The third-order valence-electron chi connectivity index (χ3n) is 12.8. The minimum atomic E-state index is -0.691. The number of aliphatic hydroxyl groups excluding tert-OH is 1. The quantitative estimate of drug-likeness (QED) is 0.508. The summed E-state index contributed by atoms with van der Waals surface area (Å²) < 4.78 is 5.24. The SMILES string of the molecule is CN(C(=O)NCCN1CC[C@@H](O)C1)[C@H]1CC[C@@]2(C)[C@H](CC[C@@H]3[C@@H]2CC[C@]2(C)[C@@H](c4ccc(=O)oc4)CC[C@]32O)C1. The first-order chi connectivity index (χ1) is 19.0. The summed E-state index contributed by atoms with van der Waals surface area (Å²) in [7, 11) is 1.95. The Labute approximate surface area is 238 Å². The standard InChI is InChI=1S/C32H49N3O5/c1-30-12-8-23(34(3)29(38)33-15-17-35-16-11-24(36)19-35)18-22(30)5-6-27-26(30)9-13-31(2)25(10-14-32(27,31)39)21-4-7-28(37)40-20-21/h4,7,20,22-27,36,39H,5-6,8-19H2,1-3H3,(H,33,38)/t22-,23+,24-,25-,26+,27-,30+,31-,32+/m1/s1. The second-order valence-corrected chi connectivity index (χ2v) is 14.4. The Balaban J connectivity index is 1.10. The summed E-state index contributed by atoms with van der Waals surface area (Å²) >= 11 is 0. The van der Waals surface area contributed by atoms with E-state index in [2.05, 4.69) is 24.1 Å². The van der Waals surface area contributed by atoms with Gasteiger partial charge in [0.15, 0.2) is 0 Å². The van der Waals surface area contributed by atoms with E-state index in [1.54, 1.807) is 6.26 Å². The van der Waals surface area contributed by atoms with Crippen molar-refractivity contribution in [3.8, 4) is 0 Å². The molecule has 0 spiro atoms. The zero-order valence-electron chi connectivity index (χ0n) is 24.6. The van der Waals surface area contributed by atoms with Gasteiger partial charge in [-0.25, -0.2) is 9.59 Å². The molecule has 2 amide bonds. The van der Waals surface area contributed by atoms with Gasteiger partial charge in [0.2, 0.25) is 0 Å². The number of aliphatic hydroxyl groups is 2. The van der Waals surface area contributed by atoms with E-state index in [1.807, 2.05) is 18.0 Å². The first kappa shape index (κ1) is 28.2. The Morgan fingerprint density at radius 3 is 2.65 bits per heavy atom. The molecule has 2 heterocycles. The molecular formula is C32H49N3O5. The first-order valence-corrected chi connectivity index (χ1v) is 15.8. The highest BCUT2D eigenvalue weighted by Crippen LogP contribution is 2.70. The molecule has 5 fully saturated rings. The number of urea groups is 1. The minimum Gasteiger partial charge on any atom is -0.431 e. The number of rotatable bonds is 5. The van der Waals surface area contributed by atoms with Gasteiger partial charge in [0, 0.05) is 50.7 Å². The molecule has 6 rings (SSSR count). The van der Waals surface area contributed by atoms with Crippen molar-refractivity contribution in [2.24, 2.45) is 28.6 Å². The Morgan fingerprint density at radius 1 is 1.10 bits per heavy atom. The van der Waals surface area contributed by atoms with Crippen molar-refractivity contribution in [2.75, 3.05) is 33.2 Å². The third-order valence-corrected chi connectivity index (χ3v) is 12.8. The maximum atomic E-state index is 13.0. The Bertz CT molecular complexity index is 1140. The van der Waals surface area contributed by atoms with E-state index in [1.165, 1.54) is 6.07 Å². The highest BCUT2D eigenvalue weighted by atomic mass is 16.4. The number of β-amino-alcohol motifs (C(OH)–C–C–N with tert-alkyl or cyclic N) is 1. The molecule has 1 aliphatic heterocycles. The molecule has 0 bridgehead atoms. The molecule has 5 aliphatic rings. The van der Waals surface area contributed by atoms with Gasteiger partial charge in [-0.3, -0.25) is 4.90 Å². The van der Waals surface area contributed by atoms with Gasteiger partial charge in [0.05, 0.1) is 18.0 Å². The average molecular weight is 556 g/mol. The predicted molar refractivity (Wildman–Crippen MR) is 153 cm³/mol. The summed E-state index contributed by atoms with van der Waals surface area (Å²) in [4.78, 5) is 28.7. The lowest BCUT2D eigenvalue weighted by Crippen LogP contribution is -2.62. The number of amides is 2. The van der Waals surface area contributed by atoms with Crippen molar-refractivity contribution >= 4 is 6.03 Å². The van der Waals surface area contributed by atoms with Gasteiger partial charge in [0.1, 0.15) is 0 Å². The average Bonchev–Trinajstić information content (AvgIpc) is 3.47. The van der Waals surface area contributed by atoms with Crippen molar-refractivity contribution in [3.05, 3.63) is 34.4 Å². The highest BCUT2D eigenvalue weighted by molar-refractivity contribution is 5.74. The minimum absolute atomic E-state index is 0.0125. The van der Waals surface area contributed by atoms with E-state index in [0.717, 1.165) is 82.9 Å². The fourth-order valence-electron chi connectivity index (χ4n) is 10.3. The lowest BCUT2D eigenvalue weighted by atomic mass is 9.43. The monoisotopic (exact) mass is 555 g/mol. The van der Waals surface area contributed by atoms with E-state index in [9.17, 15) is 19.8 Å². The number of hydrogen-bond acceptors (Lipinski definition) is 6. The van der Waals surface area contributed by atoms with Crippen molar-refractivity contribution in [2.45, 2.75) is 102 Å². The number of fused-ring (bicyclic) bond motifs is 5. The van der Waals surface area contributed by atoms with E-state index in [4.69, 9.17) is 4.42 Å². The summed E-state index contributed by atoms with van der Waals surface area (Å²) in [5.41, 5.74) is 0.0286. The van der Waals surface area contributed by atoms with Crippen LogP contribution >= 0.6 is 0 Å². The van der Waals surface area contributed by atoms with Crippen LogP contribution in [0.2, 0.25) is 0 Å². The van der Waals surface area contributed by atoms with Gasteiger partial charge in [-0.2, -0.15) is 0 Å². The zero-order valence-corrected chi connectivity index (χ0v) is 24.6. The van der Waals surface area contributed by atoms with E-state index in [0.29, 0.717) is 30.8 Å². The number of nitrogens with zero attached hydrogens (tertiary/aromatic N) is 2. The van der Waals surface area contributed by atoms with Gasteiger partial charge < -0.3 is 24.8 Å². The van der Waals surface area contributed by atoms with Crippen molar-refractivity contribution < 1.29 is 19.4 Å². The summed E-state index contributed by atoms with van der Waals surface area (Å²) in [5.74, 6) is 1.59. The van der Waals surface area contributed by atoms with Crippen LogP contribution in [0.25, 0.3) is 0 Å². The van der Waals surface area contributed by atoms with Crippen LogP contribution in [0.15, 0.2) is 27.6 Å². The van der Waals surface area contributed by atoms with Crippen molar-refractivity contribution in [3.63, 3.8) is 0 Å². The molecule has 4 saturated carbocycles. The second-order valence-electron chi connectivity index (χ2n) is 14.4. The van der Waals surface area contributed by atoms with Crippen LogP contribution in [0.4, 0.5) is 4.79 Å². The molecule has 1 aromatic rings. The van der Waals surface area contributed by atoms with Crippen molar-refractivity contribution in [1.29, 1.82) is 0 Å². The summed E-state index contributed by atoms with van der Waals surface area (Å²) in [6.45, 7) is 7.77. The fraction of sp³-hybridized carbons (Fsp3) is 0.812. The number of likely N-dealkylation sites (tertiary alicyclic amines) is 1. The highest BCUT2D eigenvalue weighted by Gasteiger charge is 2.67. The van der Waals surface area contributed by atoms with Gasteiger partial charge in [-0.1, -0.05) is 13.8 Å². The van der Waals surface area contributed by atoms with Crippen molar-refractivity contribution in [1.82, 2.24) is 15.1 Å². The van der Waals surface area contributed by atoms with Gasteiger partial charge in [0.25, 0.3) is 0 Å². The van der Waals surface area contributed by atoms with E-state index < -0.39 is 5.60 Å². The molecule has 4 aliphatic carbocycles. The van der Waals surface area contributed by atoms with E-state index in [-0.39, 0.29) is 40.6 Å². The Hall–Kier alpha value is -1.90. The molecule has 0 unspecified atom stereocenters. The maximum absolute atomic E-state index is 13.0. The van der Waals surface area contributed by atoms with Crippen LogP contribution < -0.4 is 10.9 Å². The van der Waals surface area contributed by atoms with Crippen LogP contribution in [-0.2, 0) is 0 Å². The molecule has 3 N–H and O–H groups in total. The zero-order chi connectivity index (χ0) is 28.3. The fourth-order valence-corrected chi connectivity index (χ4v) is 10.3. The smallest absolute Gasteiger partial charge is 0.335 e. The van der Waals surface area contributed by atoms with Crippen LogP contribution in [-0.4, -0.2) is 77.0 Å². The topological polar surface area (TPSA) is 106 Å². The Morgan fingerprint density at radius 2 is 1.93 bits per heavy atom. The lowest BCUT2D eigenvalue weighted by molar-refractivity contribution is -0.203. The Kier molecular flexibility index (Phi) is 7.36. The van der Waals surface area contributed by atoms with E-state index >= 15 is 0 Å². The molecule has 9 atom stereocenters. The number of carbonyl (C=O) groups is 1. The van der Waals surface area contributed by atoms with Crippen LogP contribution in [0.5, 0.6) is 0 Å². The number of carbonyl (C=O) groups excluding carboxylic acids is 1. The molecule has 0 radical (unpaired) electrons. The molecule has 0 aromatic carbocycles. The second kappa shape index (κ2) is 10.4. The number of nitrogens with one attached hydrogen (secondary N) is 1. The molecule has 8 nitrogen and oxygen atoms in total. The van der Waals surface area contributed by atoms with Gasteiger partial charge in [-0.05, 0) is 105 Å². The summed E-state index contributed by atoms with van der Waals surface area (Å²) in [6.07, 6.45) is 11.4. The largest absolute Gasteiger partial charge is 0.431 e. The summed E-state index contributed by atoms with van der Waals surface area (Å²) in [5, 5.41) is 25.3. The third kappa shape index (κ3) is 4.53. The van der Waals surface area contributed by atoms with Gasteiger partial charge >= 0.3 is 11.7 Å².